The summed E-state index contributed by atoms with van der Waals surface area (Å²) < 4.78 is 36.1. The minimum atomic E-state index is -0.903. The van der Waals surface area contributed by atoms with Crippen LogP contribution >= 0.6 is 0 Å². The summed E-state index contributed by atoms with van der Waals surface area (Å²) in [6.45, 7) is 8.04. The third-order valence-electron chi connectivity index (χ3n) is 15.4. The van der Waals surface area contributed by atoms with Gasteiger partial charge >= 0.3 is 5.97 Å². The number of nitrogens with one attached hydrogen (secondary N) is 1. The molecule has 90 heavy (non-hydrogen) atoms. The van der Waals surface area contributed by atoms with Crippen LogP contribution in [0.3, 0.4) is 0 Å². The van der Waals surface area contributed by atoms with Crippen LogP contribution in [0.2, 0.25) is 0 Å². The van der Waals surface area contributed by atoms with Crippen LogP contribution in [0.1, 0.15) is 129 Å². The Morgan fingerprint density at radius 1 is 0.467 bits per heavy atom. The SMILES string of the molecule is COCCC(C)c1cccc(OC)c1.COCCC(N)c1cccc(OC)c1.COCCC(NC(=O)c1cccc(-c2ccc3c(c2)C=NC3)c1)c1cccc(OC)c1.COc1cccc(C(C)CCO)c1.O=C(O)c1cccc(-c2ccc3c(c2)C=NC3)c1. The van der Waals surface area contributed by atoms with Crippen LogP contribution in [0.4, 0.5) is 0 Å². The Bertz CT molecular complexity index is 3510. The number of nitrogens with two attached hydrogens (primary N) is 1. The predicted octanol–water partition coefficient (Wildman–Crippen LogP) is 14.5. The van der Waals surface area contributed by atoms with E-state index in [0.29, 0.717) is 42.6 Å². The number of aromatic carboxylic acids is 1. The summed E-state index contributed by atoms with van der Waals surface area (Å²) in [6.07, 6.45) is 7.10. The van der Waals surface area contributed by atoms with E-state index >= 15 is 0 Å². The molecule has 4 unspecified atom stereocenters. The van der Waals surface area contributed by atoms with Gasteiger partial charge < -0.3 is 54.4 Å². The summed E-state index contributed by atoms with van der Waals surface area (Å²) in [6, 6.07) is 58.7. The topological polar surface area (TPSA) is 202 Å². The summed E-state index contributed by atoms with van der Waals surface area (Å²) in [4.78, 5) is 32.6. The average Bonchev–Trinajstić information content (AvgIpc) is 3.36. The van der Waals surface area contributed by atoms with Crippen molar-refractivity contribution >= 4 is 24.3 Å². The van der Waals surface area contributed by atoms with E-state index in [4.69, 9.17) is 49.1 Å². The molecule has 0 aromatic heterocycles. The number of rotatable bonds is 24. The Morgan fingerprint density at radius 2 is 0.867 bits per heavy atom. The molecule has 0 bridgehead atoms. The zero-order valence-electron chi connectivity index (χ0n) is 53.4. The highest BCUT2D eigenvalue weighted by Gasteiger charge is 2.18. The summed E-state index contributed by atoms with van der Waals surface area (Å²) in [7, 11) is 11.7. The first-order valence-corrected chi connectivity index (χ1v) is 30.1. The summed E-state index contributed by atoms with van der Waals surface area (Å²) in [5.41, 5.74) is 20.2. The number of nitrogens with zero attached hydrogens (tertiary/aromatic N) is 2. The zero-order valence-corrected chi connectivity index (χ0v) is 53.4. The minimum Gasteiger partial charge on any atom is -0.497 e. The second kappa shape index (κ2) is 37.8. The van der Waals surface area contributed by atoms with E-state index < -0.39 is 5.97 Å². The van der Waals surface area contributed by atoms with E-state index in [0.717, 1.165) is 106 Å². The van der Waals surface area contributed by atoms with Gasteiger partial charge in [-0.05, 0) is 189 Å². The normalized spacial score (nSPS) is 12.7. The van der Waals surface area contributed by atoms with E-state index in [-0.39, 0.29) is 24.6 Å². The molecule has 0 saturated heterocycles. The van der Waals surface area contributed by atoms with Crippen LogP contribution in [0.15, 0.2) is 192 Å². The van der Waals surface area contributed by atoms with Crippen molar-refractivity contribution in [2.75, 3.05) is 76.2 Å². The van der Waals surface area contributed by atoms with Gasteiger partial charge in [0.05, 0.1) is 53.1 Å². The molecule has 0 aliphatic carbocycles. The Morgan fingerprint density at radius 3 is 1.34 bits per heavy atom. The maximum Gasteiger partial charge on any atom is 0.335 e. The van der Waals surface area contributed by atoms with Crippen molar-refractivity contribution in [1.82, 2.24) is 5.32 Å². The van der Waals surface area contributed by atoms with E-state index in [1.54, 1.807) is 68.0 Å². The number of carbonyl (C=O) groups is 2. The van der Waals surface area contributed by atoms with Gasteiger partial charge in [-0.15, -0.1) is 0 Å². The first kappa shape index (κ1) is 70.1. The number of hydrogen-bond acceptors (Lipinski definition) is 13. The Labute approximate surface area is 531 Å². The molecule has 1 amide bonds. The lowest BCUT2D eigenvalue weighted by atomic mass is 9.98. The van der Waals surface area contributed by atoms with Crippen molar-refractivity contribution in [3.05, 3.63) is 238 Å². The van der Waals surface area contributed by atoms with Crippen molar-refractivity contribution in [3.8, 4) is 45.3 Å². The lowest BCUT2D eigenvalue weighted by molar-refractivity contribution is 0.0696. The molecular weight excluding hydrogens is 1130 g/mol. The number of methoxy groups -OCH3 is 7. The highest BCUT2D eigenvalue weighted by atomic mass is 16.5. The molecule has 15 nitrogen and oxygen atoms in total. The van der Waals surface area contributed by atoms with Gasteiger partial charge in [-0.2, -0.15) is 0 Å². The fourth-order valence-electron chi connectivity index (χ4n) is 9.89. The number of benzene rings is 8. The van der Waals surface area contributed by atoms with Gasteiger partial charge in [-0.1, -0.05) is 111 Å². The molecule has 0 spiro atoms. The zero-order chi connectivity index (χ0) is 64.6. The molecule has 474 valence electrons. The largest absolute Gasteiger partial charge is 0.497 e. The molecule has 2 aliphatic rings. The third kappa shape index (κ3) is 22.0. The van der Waals surface area contributed by atoms with Crippen molar-refractivity contribution < 1.29 is 53.0 Å². The summed E-state index contributed by atoms with van der Waals surface area (Å²) in [5.74, 6) is 3.29. The van der Waals surface area contributed by atoms with Crippen LogP contribution in [-0.2, 0) is 27.3 Å². The minimum absolute atomic E-state index is 0.0186. The van der Waals surface area contributed by atoms with Crippen LogP contribution in [0.25, 0.3) is 22.3 Å². The fourth-order valence-corrected chi connectivity index (χ4v) is 9.89. The van der Waals surface area contributed by atoms with Gasteiger partial charge in [0.15, 0.2) is 0 Å². The second-order valence-electron chi connectivity index (χ2n) is 21.6. The van der Waals surface area contributed by atoms with E-state index in [1.165, 1.54) is 22.3 Å². The molecule has 15 heteroatoms. The number of ether oxygens (including phenoxy) is 7. The first-order chi connectivity index (χ1) is 43.7. The molecule has 0 radical (unpaired) electrons. The molecular formula is C75H88N4O11. The maximum atomic E-state index is 13.1. The lowest BCUT2D eigenvalue weighted by Crippen LogP contribution is -2.29. The van der Waals surface area contributed by atoms with Crippen LogP contribution < -0.4 is 30.0 Å². The number of fused-ring (bicyclic) bond motifs is 2. The van der Waals surface area contributed by atoms with Crippen molar-refractivity contribution in [2.24, 2.45) is 15.7 Å². The number of aliphatic hydroxyl groups is 1. The number of hydrogen-bond donors (Lipinski definition) is 4. The lowest BCUT2D eigenvalue weighted by Gasteiger charge is -2.20. The van der Waals surface area contributed by atoms with Crippen LogP contribution in [0.5, 0.6) is 23.0 Å². The standard InChI is InChI=1S/C26H26N2O3.C15H11NO2.C12H18O2.C11H17NO2.C11H16O2/c1-30-12-11-25(20-6-4-8-24(15-20)31-2)28-26(29)21-7-3-5-18(13-21)19-9-10-22-16-27-17-23(22)14-19;17-15(18)12-3-1-2-10(6-12)11-4-5-13-8-16-9-14(13)7-11;1-10(7-8-13-2)11-5-4-6-12(9-11)14-3;1-13-7-6-11(12)9-4-3-5-10(8-9)14-2;1-9(6-7-12)10-4-3-5-11(8-10)13-2/h3-10,13-15,17,25H,11-12,16H2,1-2H3,(H,28,29);1-7,9H,8H2,(H,17,18);4-6,9-10H,7-8H2,1-3H3;3-5,8,11H,6-7,12H2,1-2H3;3-5,8-9,12H,6-7H2,1-2H3. The van der Waals surface area contributed by atoms with Gasteiger partial charge in [0, 0.05) is 71.8 Å². The summed E-state index contributed by atoms with van der Waals surface area (Å²) >= 11 is 0. The predicted molar refractivity (Wildman–Crippen MR) is 360 cm³/mol. The quantitative estimate of drug-likeness (QED) is 0.0447. The van der Waals surface area contributed by atoms with Gasteiger partial charge in [0.25, 0.3) is 5.91 Å². The monoisotopic (exact) mass is 1220 g/mol. The highest BCUT2D eigenvalue weighted by molar-refractivity contribution is 5.96. The fraction of sp³-hybridized carbons (Fsp3) is 0.307. The molecule has 2 heterocycles. The number of carbonyl (C=O) groups excluding carboxylic acids is 1. The number of aliphatic imine (C=N–C) groups is 2. The molecule has 8 aromatic carbocycles. The Kier molecular flexibility index (Phi) is 29.4. The van der Waals surface area contributed by atoms with E-state index in [2.05, 4.69) is 65.5 Å². The van der Waals surface area contributed by atoms with Gasteiger partial charge in [-0.25, -0.2) is 4.79 Å². The molecule has 10 rings (SSSR count). The molecule has 0 saturated carbocycles. The van der Waals surface area contributed by atoms with Gasteiger partial charge in [-0.3, -0.25) is 14.8 Å². The van der Waals surface area contributed by atoms with Crippen molar-refractivity contribution in [2.45, 2.75) is 76.5 Å². The maximum absolute atomic E-state index is 13.1. The smallest absolute Gasteiger partial charge is 0.335 e. The van der Waals surface area contributed by atoms with Crippen LogP contribution in [-0.4, -0.2) is 111 Å². The molecule has 0 fully saturated rings. The van der Waals surface area contributed by atoms with Crippen molar-refractivity contribution in [3.63, 3.8) is 0 Å². The number of carboxylic acids is 1. The number of carboxylic acid groups (broad SMARTS) is 1. The van der Waals surface area contributed by atoms with Gasteiger partial charge in [0.1, 0.15) is 23.0 Å². The number of aliphatic hydroxyl groups excluding tert-OH is 1. The van der Waals surface area contributed by atoms with Gasteiger partial charge in [0.2, 0.25) is 0 Å². The third-order valence-corrected chi connectivity index (χ3v) is 15.4. The van der Waals surface area contributed by atoms with E-state index in [1.807, 2.05) is 140 Å². The Hall–Kier alpha value is -8.96. The summed E-state index contributed by atoms with van der Waals surface area (Å²) in [5, 5.41) is 20.9. The molecule has 4 atom stereocenters. The van der Waals surface area contributed by atoms with Crippen molar-refractivity contribution in [1.29, 1.82) is 0 Å². The Balaban J connectivity index is 0.000000189. The molecule has 8 aromatic rings. The average molecular weight is 1220 g/mol. The second-order valence-corrected chi connectivity index (χ2v) is 21.6. The molecule has 2 aliphatic heterocycles. The van der Waals surface area contributed by atoms with E-state index in [9.17, 15) is 9.59 Å². The van der Waals surface area contributed by atoms with Crippen LogP contribution in [0, 0.1) is 0 Å². The molecule has 5 N–H and O–H groups in total. The number of amides is 1. The highest BCUT2D eigenvalue weighted by Crippen LogP contribution is 2.30. The first-order valence-electron chi connectivity index (χ1n) is 30.1.